The zero-order valence-electron chi connectivity index (χ0n) is 18.1. The van der Waals surface area contributed by atoms with Crippen molar-refractivity contribution in [2.24, 2.45) is 4.99 Å². The number of ether oxygens (including phenoxy) is 2. The summed E-state index contributed by atoms with van der Waals surface area (Å²) in [6.45, 7) is 8.97. The lowest BCUT2D eigenvalue weighted by atomic mass is 10.1. The molecule has 3 N–H and O–H groups in total. The summed E-state index contributed by atoms with van der Waals surface area (Å²) in [5.41, 5.74) is 3.27. The molecule has 0 radical (unpaired) electrons. The maximum Gasteiger partial charge on any atom is 0.191 e. The van der Waals surface area contributed by atoms with Crippen LogP contribution in [-0.2, 0) is 17.9 Å². The van der Waals surface area contributed by atoms with Gasteiger partial charge in [-0.2, -0.15) is 0 Å². The molecule has 0 aliphatic rings. The highest BCUT2D eigenvalue weighted by Crippen LogP contribution is 2.21. The van der Waals surface area contributed by atoms with Crippen molar-refractivity contribution in [1.82, 2.24) is 10.6 Å². The average molecular weight is 527 g/mol. The number of hydrogen-bond donors (Lipinski definition) is 3. The van der Waals surface area contributed by atoms with Gasteiger partial charge in [0.1, 0.15) is 5.75 Å². The molecule has 0 aliphatic heterocycles. The fraction of sp³-hybridized carbons (Fsp3) is 0.435. The van der Waals surface area contributed by atoms with Crippen LogP contribution in [0.3, 0.4) is 0 Å². The van der Waals surface area contributed by atoms with Gasteiger partial charge in [-0.1, -0.05) is 42.5 Å². The van der Waals surface area contributed by atoms with Crippen molar-refractivity contribution >= 4 is 29.9 Å². The number of nitrogens with zero attached hydrogens (tertiary/aromatic N) is 1. The van der Waals surface area contributed by atoms with Crippen LogP contribution in [0.15, 0.2) is 53.5 Å². The summed E-state index contributed by atoms with van der Waals surface area (Å²) in [5.74, 6) is 1.51. The molecule has 0 saturated carbocycles. The van der Waals surface area contributed by atoms with Crippen LogP contribution in [-0.4, -0.2) is 43.5 Å². The Morgan fingerprint density at radius 3 is 2.57 bits per heavy atom. The number of benzene rings is 2. The third-order valence-corrected chi connectivity index (χ3v) is 4.20. The van der Waals surface area contributed by atoms with Crippen LogP contribution in [0.4, 0.5) is 0 Å². The first-order valence-electron chi connectivity index (χ1n) is 10.2. The molecule has 2 aromatic rings. The van der Waals surface area contributed by atoms with E-state index in [0.29, 0.717) is 32.3 Å². The molecule has 1 atom stereocenters. The van der Waals surface area contributed by atoms with Gasteiger partial charge < -0.3 is 25.2 Å². The van der Waals surface area contributed by atoms with Crippen LogP contribution < -0.4 is 15.4 Å². The van der Waals surface area contributed by atoms with E-state index in [9.17, 15) is 5.11 Å². The van der Waals surface area contributed by atoms with Gasteiger partial charge in [0.2, 0.25) is 0 Å². The van der Waals surface area contributed by atoms with E-state index < -0.39 is 6.10 Å². The molecule has 0 bridgehead atoms. The summed E-state index contributed by atoms with van der Waals surface area (Å²) in [6.07, 6.45) is -0.624. The van der Waals surface area contributed by atoms with Gasteiger partial charge >= 0.3 is 0 Å². The standard InChI is InChI=1S/C23H33N3O3.HI/c1-4-24-23(25-14-20-12-11-18(3)13-22(20)29-5-2)26-15-21(27)17-28-16-19-9-7-6-8-10-19;/h6-13,21,27H,4-5,14-17H2,1-3H3,(H2,24,25,26);1H. The second-order valence-electron chi connectivity index (χ2n) is 6.77. The van der Waals surface area contributed by atoms with E-state index in [1.165, 1.54) is 0 Å². The van der Waals surface area contributed by atoms with E-state index in [4.69, 9.17) is 9.47 Å². The lowest BCUT2D eigenvalue weighted by Gasteiger charge is -2.16. The van der Waals surface area contributed by atoms with Crippen LogP contribution in [0.2, 0.25) is 0 Å². The fourth-order valence-corrected chi connectivity index (χ4v) is 2.75. The molecular weight excluding hydrogens is 493 g/mol. The first kappa shape index (κ1) is 26.2. The number of aliphatic hydroxyl groups is 1. The number of aliphatic imine (C=N–C) groups is 1. The molecule has 0 aromatic heterocycles. The van der Waals surface area contributed by atoms with Crippen LogP contribution in [0.25, 0.3) is 0 Å². The highest BCUT2D eigenvalue weighted by molar-refractivity contribution is 14.0. The largest absolute Gasteiger partial charge is 0.494 e. The Kier molecular flexibility index (Phi) is 13.1. The Morgan fingerprint density at radius 2 is 1.87 bits per heavy atom. The Hall–Kier alpha value is -1.84. The molecule has 0 spiro atoms. The number of halogens is 1. The van der Waals surface area contributed by atoms with Crippen molar-refractivity contribution in [3.05, 3.63) is 65.2 Å². The molecule has 6 nitrogen and oxygen atoms in total. The summed E-state index contributed by atoms with van der Waals surface area (Å²) >= 11 is 0. The smallest absolute Gasteiger partial charge is 0.191 e. The molecule has 1 unspecified atom stereocenters. The van der Waals surface area contributed by atoms with Crippen LogP contribution in [0.5, 0.6) is 5.75 Å². The molecule has 30 heavy (non-hydrogen) atoms. The van der Waals surface area contributed by atoms with Crippen molar-refractivity contribution in [3.63, 3.8) is 0 Å². The molecule has 0 fully saturated rings. The zero-order chi connectivity index (χ0) is 20.9. The summed E-state index contributed by atoms with van der Waals surface area (Å²) in [7, 11) is 0. The Bertz CT molecular complexity index is 757. The predicted molar refractivity (Wildman–Crippen MR) is 133 cm³/mol. The highest BCUT2D eigenvalue weighted by Gasteiger charge is 2.08. The van der Waals surface area contributed by atoms with Gasteiger partial charge in [-0.25, -0.2) is 4.99 Å². The van der Waals surface area contributed by atoms with Crippen LogP contribution in [0.1, 0.15) is 30.5 Å². The lowest BCUT2D eigenvalue weighted by Crippen LogP contribution is -2.42. The van der Waals surface area contributed by atoms with E-state index in [1.807, 2.05) is 63.2 Å². The van der Waals surface area contributed by atoms with Crippen LogP contribution >= 0.6 is 24.0 Å². The number of aliphatic hydroxyl groups excluding tert-OH is 1. The van der Waals surface area contributed by atoms with Gasteiger partial charge in [0.05, 0.1) is 32.5 Å². The second kappa shape index (κ2) is 15.0. The zero-order valence-corrected chi connectivity index (χ0v) is 20.4. The van der Waals surface area contributed by atoms with Gasteiger partial charge in [-0.3, -0.25) is 0 Å². The molecule has 0 aliphatic carbocycles. The first-order valence-corrected chi connectivity index (χ1v) is 10.2. The topological polar surface area (TPSA) is 75.1 Å². The number of nitrogens with one attached hydrogen (secondary N) is 2. The molecule has 2 rings (SSSR count). The number of hydrogen-bond acceptors (Lipinski definition) is 4. The minimum atomic E-state index is -0.624. The maximum absolute atomic E-state index is 10.2. The van der Waals surface area contributed by atoms with E-state index in [1.54, 1.807) is 0 Å². The summed E-state index contributed by atoms with van der Waals surface area (Å²) in [6, 6.07) is 16.0. The van der Waals surface area contributed by atoms with Crippen molar-refractivity contribution < 1.29 is 14.6 Å². The summed E-state index contributed by atoms with van der Waals surface area (Å²) in [5, 5.41) is 16.6. The van der Waals surface area contributed by atoms with Gasteiger partial charge in [-0.15, -0.1) is 24.0 Å². The Labute approximate surface area is 197 Å². The molecule has 0 amide bonds. The Morgan fingerprint density at radius 1 is 1.10 bits per heavy atom. The van der Waals surface area contributed by atoms with Gasteiger partial charge in [0.15, 0.2) is 5.96 Å². The lowest BCUT2D eigenvalue weighted by molar-refractivity contribution is 0.0308. The number of guanidine groups is 1. The second-order valence-corrected chi connectivity index (χ2v) is 6.77. The first-order chi connectivity index (χ1) is 14.1. The number of aryl methyl sites for hydroxylation is 1. The van der Waals surface area contributed by atoms with Gasteiger partial charge in [-0.05, 0) is 38.0 Å². The molecule has 166 valence electrons. The van der Waals surface area contributed by atoms with E-state index in [2.05, 4.69) is 21.7 Å². The molecule has 0 heterocycles. The summed E-state index contributed by atoms with van der Waals surface area (Å²) in [4.78, 5) is 4.62. The van der Waals surface area contributed by atoms with Crippen molar-refractivity contribution in [3.8, 4) is 5.75 Å². The SMILES string of the molecule is CCNC(=NCc1ccc(C)cc1OCC)NCC(O)COCc1ccccc1.I. The van der Waals surface area contributed by atoms with Gasteiger partial charge in [0.25, 0.3) is 0 Å². The quantitative estimate of drug-likeness (QED) is 0.237. The minimum Gasteiger partial charge on any atom is -0.494 e. The average Bonchev–Trinajstić information content (AvgIpc) is 2.72. The predicted octanol–water partition coefficient (Wildman–Crippen LogP) is 3.64. The maximum atomic E-state index is 10.2. The van der Waals surface area contributed by atoms with Crippen molar-refractivity contribution in [2.75, 3.05) is 26.3 Å². The molecular formula is C23H34IN3O3. The Balaban J connectivity index is 0.00000450. The van der Waals surface area contributed by atoms with Crippen molar-refractivity contribution in [1.29, 1.82) is 0 Å². The minimum absolute atomic E-state index is 0. The third-order valence-electron chi connectivity index (χ3n) is 4.20. The number of rotatable bonds is 11. The van der Waals surface area contributed by atoms with Gasteiger partial charge in [0, 0.05) is 18.7 Å². The fourth-order valence-electron chi connectivity index (χ4n) is 2.75. The molecule has 0 saturated heterocycles. The molecule has 2 aromatic carbocycles. The van der Waals surface area contributed by atoms with E-state index >= 15 is 0 Å². The van der Waals surface area contributed by atoms with E-state index in [-0.39, 0.29) is 30.6 Å². The highest BCUT2D eigenvalue weighted by atomic mass is 127. The normalized spacial score (nSPS) is 12.1. The van der Waals surface area contributed by atoms with Crippen LogP contribution in [0, 0.1) is 6.92 Å². The van der Waals surface area contributed by atoms with E-state index in [0.717, 1.165) is 29.0 Å². The van der Waals surface area contributed by atoms with Crippen molar-refractivity contribution in [2.45, 2.75) is 40.0 Å². The monoisotopic (exact) mass is 527 g/mol. The summed E-state index contributed by atoms with van der Waals surface area (Å²) < 4.78 is 11.3. The molecule has 7 heteroatoms. The third kappa shape index (κ3) is 9.77.